The number of primary sulfonamides is 1. The Morgan fingerprint density at radius 2 is 1.90 bits per heavy atom. The van der Waals surface area contributed by atoms with Crippen molar-refractivity contribution < 1.29 is 21.6 Å². The lowest BCUT2D eigenvalue weighted by Crippen LogP contribution is -2.26. The van der Waals surface area contributed by atoms with Gasteiger partial charge in [-0.15, -0.1) is 0 Å². The molecule has 0 heterocycles. The van der Waals surface area contributed by atoms with Gasteiger partial charge in [-0.1, -0.05) is 19.4 Å². The van der Waals surface area contributed by atoms with E-state index in [1.807, 2.05) is 6.92 Å². The highest BCUT2D eigenvalue weighted by Gasteiger charge is 2.16. The van der Waals surface area contributed by atoms with Gasteiger partial charge >= 0.3 is 0 Å². The van der Waals surface area contributed by atoms with Crippen molar-refractivity contribution in [2.24, 2.45) is 5.14 Å². The van der Waals surface area contributed by atoms with Crippen LogP contribution in [-0.4, -0.2) is 29.7 Å². The average Bonchev–Trinajstić information content (AvgIpc) is 2.42. The van der Waals surface area contributed by atoms with Crippen LogP contribution in [0.5, 0.6) is 5.75 Å². The van der Waals surface area contributed by atoms with Gasteiger partial charge in [-0.3, -0.25) is 0 Å². The maximum absolute atomic E-state index is 11.7. The van der Waals surface area contributed by atoms with Crippen LogP contribution in [0.2, 0.25) is 0 Å². The van der Waals surface area contributed by atoms with Gasteiger partial charge in [-0.2, -0.15) is 0 Å². The van der Waals surface area contributed by atoms with Gasteiger partial charge in [-0.05, 0) is 24.1 Å². The van der Waals surface area contributed by atoms with Crippen LogP contribution in [0, 0.1) is 0 Å². The number of hydrogen-bond donors (Lipinski definition) is 2. The third kappa shape index (κ3) is 5.62. The number of ether oxygens (including phenoxy) is 1. The normalized spacial score (nSPS) is 12.3. The highest BCUT2D eigenvalue weighted by Crippen LogP contribution is 2.23. The molecular formula is C12H20N2O5S2. The molecule has 0 saturated carbocycles. The van der Waals surface area contributed by atoms with Crippen LogP contribution in [0.3, 0.4) is 0 Å². The average molecular weight is 336 g/mol. The first-order valence-corrected chi connectivity index (χ1v) is 9.56. The number of methoxy groups -OCH3 is 1. The second-order valence-corrected chi connectivity index (χ2v) is 7.98. The number of unbranched alkanes of at least 4 members (excludes halogenated alkanes) is 1. The van der Waals surface area contributed by atoms with Crippen molar-refractivity contribution in [3.05, 3.63) is 23.8 Å². The van der Waals surface area contributed by atoms with Crippen molar-refractivity contribution in [1.82, 2.24) is 4.72 Å². The molecule has 1 rings (SSSR count). The van der Waals surface area contributed by atoms with E-state index in [0.717, 1.165) is 6.42 Å². The molecule has 0 unspecified atom stereocenters. The molecule has 0 aliphatic rings. The van der Waals surface area contributed by atoms with Crippen LogP contribution in [0.4, 0.5) is 0 Å². The lowest BCUT2D eigenvalue weighted by Gasteiger charge is -2.10. The maximum Gasteiger partial charge on any atom is 0.241 e. The summed E-state index contributed by atoms with van der Waals surface area (Å²) in [5.41, 5.74) is 0.486. The molecule has 1 aromatic carbocycles. The molecule has 0 saturated heterocycles. The lowest BCUT2D eigenvalue weighted by atomic mass is 10.2. The van der Waals surface area contributed by atoms with Crippen molar-refractivity contribution >= 4 is 20.0 Å². The third-order valence-corrected chi connectivity index (χ3v) is 5.14. The molecule has 9 heteroatoms. The van der Waals surface area contributed by atoms with Crippen LogP contribution >= 0.6 is 0 Å². The molecule has 0 atom stereocenters. The minimum atomic E-state index is -3.94. The molecule has 0 amide bonds. The van der Waals surface area contributed by atoms with E-state index in [-0.39, 0.29) is 22.9 Å². The van der Waals surface area contributed by atoms with Crippen LogP contribution in [0.25, 0.3) is 0 Å². The zero-order valence-electron chi connectivity index (χ0n) is 12.0. The molecule has 0 aliphatic heterocycles. The van der Waals surface area contributed by atoms with E-state index in [4.69, 9.17) is 9.88 Å². The number of nitrogens with one attached hydrogen (secondary N) is 1. The van der Waals surface area contributed by atoms with Crippen LogP contribution in [-0.2, 0) is 26.6 Å². The van der Waals surface area contributed by atoms with Gasteiger partial charge in [0.15, 0.2) is 0 Å². The van der Waals surface area contributed by atoms with Gasteiger partial charge in [0.05, 0.1) is 12.9 Å². The Hall–Kier alpha value is -1.16. The summed E-state index contributed by atoms with van der Waals surface area (Å²) in [6, 6.07) is 4.32. The number of rotatable bonds is 8. The molecule has 0 aromatic heterocycles. The standard InChI is InChI=1S/C12H20N2O5S2/c1-3-4-7-20(15,16)14-9-10-5-6-11(19-2)12(8-10)21(13,17)18/h5-6,8,14H,3-4,7,9H2,1-2H3,(H2,13,17,18). The highest BCUT2D eigenvalue weighted by molar-refractivity contribution is 7.89. The first kappa shape index (κ1) is 17.9. The summed E-state index contributed by atoms with van der Waals surface area (Å²) in [7, 11) is -5.98. The van der Waals surface area contributed by atoms with Gasteiger partial charge in [0.25, 0.3) is 0 Å². The molecule has 0 aliphatic carbocycles. The smallest absolute Gasteiger partial charge is 0.241 e. The van der Waals surface area contributed by atoms with Crippen molar-refractivity contribution in [2.75, 3.05) is 12.9 Å². The SMILES string of the molecule is CCCCS(=O)(=O)NCc1ccc(OC)c(S(N)(=O)=O)c1. The van der Waals surface area contributed by atoms with E-state index in [0.29, 0.717) is 12.0 Å². The predicted molar refractivity (Wildman–Crippen MR) is 79.9 cm³/mol. The highest BCUT2D eigenvalue weighted by atomic mass is 32.2. The minimum Gasteiger partial charge on any atom is -0.495 e. The topological polar surface area (TPSA) is 116 Å². The number of hydrogen-bond acceptors (Lipinski definition) is 5. The zero-order valence-corrected chi connectivity index (χ0v) is 13.6. The van der Waals surface area contributed by atoms with Gasteiger partial charge < -0.3 is 4.74 Å². The first-order valence-electron chi connectivity index (χ1n) is 6.36. The Labute approximate surface area is 125 Å². The Balaban J connectivity index is 2.92. The molecule has 0 bridgehead atoms. The second-order valence-electron chi connectivity index (χ2n) is 4.52. The van der Waals surface area contributed by atoms with E-state index in [1.54, 1.807) is 6.07 Å². The summed E-state index contributed by atoms with van der Waals surface area (Å²) in [5, 5.41) is 5.10. The largest absolute Gasteiger partial charge is 0.495 e. The third-order valence-electron chi connectivity index (χ3n) is 2.80. The van der Waals surface area contributed by atoms with Crippen LogP contribution < -0.4 is 14.6 Å². The number of benzene rings is 1. The van der Waals surface area contributed by atoms with E-state index in [1.165, 1.54) is 19.2 Å². The van der Waals surface area contributed by atoms with E-state index in [9.17, 15) is 16.8 Å². The monoisotopic (exact) mass is 336 g/mol. The molecule has 3 N–H and O–H groups in total. The van der Waals surface area contributed by atoms with Gasteiger partial charge in [-0.25, -0.2) is 26.7 Å². The van der Waals surface area contributed by atoms with Crippen molar-refractivity contribution in [2.45, 2.75) is 31.2 Å². The summed E-state index contributed by atoms with van der Waals surface area (Å²) in [5.74, 6) is 0.164. The van der Waals surface area contributed by atoms with E-state index < -0.39 is 20.0 Å². The van der Waals surface area contributed by atoms with Crippen molar-refractivity contribution in [3.8, 4) is 5.75 Å². The summed E-state index contributed by atoms with van der Waals surface area (Å²) >= 11 is 0. The molecule has 1 aromatic rings. The lowest BCUT2D eigenvalue weighted by molar-refractivity contribution is 0.402. The maximum atomic E-state index is 11.7. The fraction of sp³-hybridized carbons (Fsp3) is 0.500. The molecule has 0 fully saturated rings. The zero-order chi connectivity index (χ0) is 16.1. The molecule has 0 spiro atoms. The summed E-state index contributed by atoms with van der Waals surface area (Å²) in [6.45, 7) is 1.90. The van der Waals surface area contributed by atoms with E-state index >= 15 is 0 Å². The first-order chi connectivity index (χ1) is 9.69. The molecule has 7 nitrogen and oxygen atoms in total. The van der Waals surface area contributed by atoms with Crippen molar-refractivity contribution in [1.29, 1.82) is 0 Å². The minimum absolute atomic E-state index is 0.00143. The van der Waals surface area contributed by atoms with Crippen LogP contribution in [0.1, 0.15) is 25.3 Å². The van der Waals surface area contributed by atoms with Gasteiger partial charge in [0.1, 0.15) is 10.6 Å². The summed E-state index contributed by atoms with van der Waals surface area (Å²) in [6.07, 6.45) is 1.35. The molecule has 120 valence electrons. The Morgan fingerprint density at radius 1 is 1.24 bits per heavy atom. The van der Waals surface area contributed by atoms with Crippen LogP contribution in [0.15, 0.2) is 23.1 Å². The predicted octanol–water partition coefficient (Wildman–Crippen LogP) is 0.562. The second kappa shape index (κ2) is 7.21. The Morgan fingerprint density at radius 3 is 2.43 bits per heavy atom. The van der Waals surface area contributed by atoms with Gasteiger partial charge in [0.2, 0.25) is 20.0 Å². The number of sulfonamides is 2. The molecule has 0 radical (unpaired) electrons. The Kier molecular flexibility index (Phi) is 6.14. The van der Waals surface area contributed by atoms with Gasteiger partial charge in [0, 0.05) is 6.54 Å². The van der Waals surface area contributed by atoms with Crippen molar-refractivity contribution in [3.63, 3.8) is 0 Å². The molecule has 21 heavy (non-hydrogen) atoms. The van der Waals surface area contributed by atoms with E-state index in [2.05, 4.69) is 4.72 Å². The number of nitrogens with two attached hydrogens (primary N) is 1. The fourth-order valence-corrected chi connectivity index (χ4v) is 3.60. The summed E-state index contributed by atoms with van der Waals surface area (Å²) in [4.78, 5) is -0.171. The quantitative estimate of drug-likeness (QED) is 0.720. The fourth-order valence-electron chi connectivity index (χ4n) is 1.65. The molecular weight excluding hydrogens is 316 g/mol. The summed E-state index contributed by atoms with van der Waals surface area (Å²) < 4.78 is 53.7. The Bertz CT molecular complexity index is 684.